The number of nitrogens with zero attached hydrogens (tertiary/aromatic N) is 5. The van der Waals surface area contributed by atoms with Crippen LogP contribution in [0.15, 0.2) is 30.3 Å². The highest BCUT2D eigenvalue weighted by Crippen LogP contribution is 2.36. The van der Waals surface area contributed by atoms with Gasteiger partial charge >= 0.3 is 0 Å². The number of rotatable bonds is 4. The minimum atomic E-state index is 0.514. The molecule has 0 unspecified atom stereocenters. The minimum Gasteiger partial charge on any atom is -0.289 e. The van der Waals surface area contributed by atoms with E-state index in [1.165, 1.54) is 31.2 Å². The fourth-order valence-electron chi connectivity index (χ4n) is 3.17. The first-order chi connectivity index (χ1) is 9.92. The van der Waals surface area contributed by atoms with Gasteiger partial charge in [0, 0.05) is 6.04 Å². The second kappa shape index (κ2) is 4.98. The normalized spacial score (nSPS) is 23.3. The van der Waals surface area contributed by atoms with Crippen molar-refractivity contribution in [1.29, 1.82) is 0 Å². The summed E-state index contributed by atoms with van der Waals surface area (Å²) < 4.78 is 2.03. The highest BCUT2D eigenvalue weighted by molar-refractivity contribution is 5.20. The molecule has 1 aliphatic heterocycles. The number of likely N-dealkylation sites (tertiary alicyclic amines) is 1. The lowest BCUT2D eigenvalue weighted by Crippen LogP contribution is -2.24. The molecule has 2 fully saturated rings. The van der Waals surface area contributed by atoms with E-state index in [0.29, 0.717) is 12.1 Å². The number of hydrogen-bond donors (Lipinski definition) is 0. The van der Waals surface area contributed by atoms with E-state index in [0.717, 1.165) is 18.9 Å². The summed E-state index contributed by atoms with van der Waals surface area (Å²) in [5, 5.41) is 12.2. The Balaban J connectivity index is 1.54. The van der Waals surface area contributed by atoms with Crippen molar-refractivity contribution in [1.82, 2.24) is 25.1 Å². The first kappa shape index (κ1) is 12.0. The first-order valence-corrected chi connectivity index (χ1v) is 7.47. The zero-order chi connectivity index (χ0) is 13.4. The van der Waals surface area contributed by atoms with E-state index in [1.54, 1.807) is 0 Å². The lowest BCUT2D eigenvalue weighted by Gasteiger charge is -2.24. The van der Waals surface area contributed by atoms with Gasteiger partial charge in [-0.3, -0.25) is 4.90 Å². The summed E-state index contributed by atoms with van der Waals surface area (Å²) in [5.74, 6) is 1.02. The second-order valence-electron chi connectivity index (χ2n) is 5.81. The monoisotopic (exact) mass is 269 g/mol. The Hall–Kier alpha value is -1.75. The van der Waals surface area contributed by atoms with Crippen molar-refractivity contribution >= 4 is 0 Å². The van der Waals surface area contributed by atoms with Crippen LogP contribution >= 0.6 is 0 Å². The Labute approximate surface area is 118 Å². The number of tetrazole rings is 1. The van der Waals surface area contributed by atoms with Crippen LogP contribution < -0.4 is 0 Å². The highest BCUT2D eigenvalue weighted by atomic mass is 15.6. The van der Waals surface area contributed by atoms with Gasteiger partial charge in [-0.1, -0.05) is 30.3 Å². The second-order valence-corrected chi connectivity index (χ2v) is 5.81. The zero-order valence-electron chi connectivity index (χ0n) is 11.5. The summed E-state index contributed by atoms with van der Waals surface area (Å²) >= 11 is 0. The summed E-state index contributed by atoms with van der Waals surface area (Å²) in [6.45, 7) is 2.00. The van der Waals surface area contributed by atoms with E-state index in [4.69, 9.17) is 0 Å². The molecule has 0 amide bonds. The van der Waals surface area contributed by atoms with Crippen molar-refractivity contribution in [3.8, 4) is 0 Å². The summed E-state index contributed by atoms with van der Waals surface area (Å²) in [4.78, 5) is 2.51. The van der Waals surface area contributed by atoms with E-state index in [1.807, 2.05) is 4.68 Å². The molecule has 0 spiro atoms. The predicted octanol–water partition coefficient (Wildman–Crippen LogP) is 2.35. The SMILES string of the molecule is c1ccc([C@H]2CCCN2Cc2nnnn2C2CC2)cc1. The summed E-state index contributed by atoms with van der Waals surface area (Å²) in [7, 11) is 0. The fourth-order valence-corrected chi connectivity index (χ4v) is 3.17. The van der Waals surface area contributed by atoms with Crippen LogP contribution in [0.5, 0.6) is 0 Å². The molecule has 2 heterocycles. The molecule has 2 aromatic rings. The van der Waals surface area contributed by atoms with Crippen molar-refractivity contribution in [2.24, 2.45) is 0 Å². The third kappa shape index (κ3) is 2.22. The molecule has 2 aliphatic rings. The Morgan fingerprint density at radius 3 is 2.75 bits per heavy atom. The number of hydrogen-bond acceptors (Lipinski definition) is 4. The molecular weight excluding hydrogens is 250 g/mol. The van der Waals surface area contributed by atoms with Crippen molar-refractivity contribution in [2.45, 2.75) is 44.3 Å². The van der Waals surface area contributed by atoms with Crippen molar-refractivity contribution in [2.75, 3.05) is 6.54 Å². The molecule has 0 bridgehead atoms. The lowest BCUT2D eigenvalue weighted by atomic mass is 10.0. The molecule has 0 N–H and O–H groups in total. The third-order valence-corrected chi connectivity index (χ3v) is 4.35. The summed E-state index contributed by atoms with van der Waals surface area (Å²) in [6, 6.07) is 11.9. The number of benzene rings is 1. The minimum absolute atomic E-state index is 0.514. The Morgan fingerprint density at radius 2 is 1.95 bits per heavy atom. The summed E-state index contributed by atoms with van der Waals surface area (Å²) in [6.07, 6.45) is 4.93. The predicted molar refractivity (Wildman–Crippen MR) is 74.9 cm³/mol. The van der Waals surface area contributed by atoms with Crippen molar-refractivity contribution < 1.29 is 0 Å². The molecule has 5 heteroatoms. The van der Waals surface area contributed by atoms with Crippen LogP contribution in [-0.2, 0) is 6.54 Å². The Morgan fingerprint density at radius 1 is 1.10 bits per heavy atom. The van der Waals surface area contributed by atoms with E-state index in [2.05, 4.69) is 50.8 Å². The zero-order valence-corrected chi connectivity index (χ0v) is 11.5. The van der Waals surface area contributed by atoms with Gasteiger partial charge in [0.1, 0.15) is 0 Å². The lowest BCUT2D eigenvalue weighted by molar-refractivity contribution is 0.237. The van der Waals surface area contributed by atoms with Crippen LogP contribution in [0.4, 0.5) is 0 Å². The maximum absolute atomic E-state index is 4.23. The van der Waals surface area contributed by atoms with Gasteiger partial charge in [-0.15, -0.1) is 5.10 Å². The van der Waals surface area contributed by atoms with Gasteiger partial charge in [0.15, 0.2) is 5.82 Å². The molecule has 1 aromatic heterocycles. The first-order valence-electron chi connectivity index (χ1n) is 7.47. The number of aromatic nitrogens is 4. The quantitative estimate of drug-likeness (QED) is 0.854. The molecule has 1 saturated carbocycles. The topological polar surface area (TPSA) is 46.8 Å². The molecule has 104 valence electrons. The largest absolute Gasteiger partial charge is 0.289 e. The van der Waals surface area contributed by atoms with Crippen LogP contribution in [0, 0.1) is 0 Å². The van der Waals surface area contributed by atoms with Gasteiger partial charge in [0.2, 0.25) is 0 Å². The average Bonchev–Trinajstić information content (AvgIpc) is 3.05. The van der Waals surface area contributed by atoms with Gasteiger partial charge in [0.05, 0.1) is 12.6 Å². The smallest absolute Gasteiger partial charge is 0.165 e. The van der Waals surface area contributed by atoms with Gasteiger partial charge in [-0.25, -0.2) is 4.68 Å². The molecule has 0 radical (unpaired) electrons. The highest BCUT2D eigenvalue weighted by Gasteiger charge is 2.31. The van der Waals surface area contributed by atoms with Crippen molar-refractivity contribution in [3.63, 3.8) is 0 Å². The van der Waals surface area contributed by atoms with E-state index < -0.39 is 0 Å². The molecule has 20 heavy (non-hydrogen) atoms. The van der Waals surface area contributed by atoms with Crippen LogP contribution in [0.2, 0.25) is 0 Å². The molecule has 1 atom stereocenters. The van der Waals surface area contributed by atoms with Crippen LogP contribution in [-0.4, -0.2) is 31.7 Å². The van der Waals surface area contributed by atoms with Crippen LogP contribution in [0.25, 0.3) is 0 Å². The third-order valence-electron chi connectivity index (χ3n) is 4.35. The molecule has 4 rings (SSSR count). The maximum Gasteiger partial charge on any atom is 0.165 e. The van der Waals surface area contributed by atoms with Gasteiger partial charge in [-0.05, 0) is 48.2 Å². The Kier molecular flexibility index (Phi) is 2.99. The van der Waals surface area contributed by atoms with Crippen LogP contribution in [0.3, 0.4) is 0 Å². The molecule has 5 nitrogen and oxygen atoms in total. The average molecular weight is 269 g/mol. The summed E-state index contributed by atoms with van der Waals surface area (Å²) in [5.41, 5.74) is 1.41. The fraction of sp³-hybridized carbons (Fsp3) is 0.533. The van der Waals surface area contributed by atoms with Gasteiger partial charge in [-0.2, -0.15) is 0 Å². The van der Waals surface area contributed by atoms with Gasteiger partial charge < -0.3 is 0 Å². The van der Waals surface area contributed by atoms with Crippen LogP contribution in [0.1, 0.15) is 49.2 Å². The molecule has 1 aliphatic carbocycles. The standard InChI is InChI=1S/C15H19N5/c1-2-5-12(6-3-1)14-7-4-10-19(14)11-15-16-17-18-20(15)13-8-9-13/h1-3,5-6,13-14H,4,7-11H2/t14-/m1/s1. The van der Waals surface area contributed by atoms with E-state index in [-0.39, 0.29) is 0 Å². The van der Waals surface area contributed by atoms with E-state index in [9.17, 15) is 0 Å². The Bertz CT molecular complexity index is 575. The molecule has 1 aromatic carbocycles. The van der Waals surface area contributed by atoms with Gasteiger partial charge in [0.25, 0.3) is 0 Å². The van der Waals surface area contributed by atoms with Crippen molar-refractivity contribution in [3.05, 3.63) is 41.7 Å². The maximum atomic E-state index is 4.23. The molecule has 1 saturated heterocycles. The van der Waals surface area contributed by atoms with E-state index >= 15 is 0 Å². The molecular formula is C15H19N5.